The first-order valence-corrected chi connectivity index (χ1v) is 10.1. The molecule has 0 saturated carbocycles. The minimum atomic E-state index is 0.155. The van der Waals surface area contributed by atoms with Crippen molar-refractivity contribution < 1.29 is 9.53 Å². The molecule has 1 fully saturated rings. The Bertz CT molecular complexity index is 858. The van der Waals surface area contributed by atoms with Gasteiger partial charge in [0.1, 0.15) is 5.75 Å². The third-order valence-corrected chi connectivity index (χ3v) is 5.99. The fourth-order valence-corrected chi connectivity index (χ4v) is 4.28. The highest BCUT2D eigenvalue weighted by atomic mass is 16.5. The van der Waals surface area contributed by atoms with E-state index in [0.717, 1.165) is 73.4 Å². The second kappa shape index (κ2) is 7.87. The van der Waals surface area contributed by atoms with E-state index in [0.29, 0.717) is 6.42 Å². The number of piperazine rings is 1. The number of anilines is 1. The SMILES string of the molecule is CCN1CCN(c2nc(C)c3c(n2)CC(c2ccc(OC)cc2)CC3=O)CC1. The molecule has 2 aromatic rings. The van der Waals surface area contributed by atoms with Crippen molar-refractivity contribution in [3.63, 3.8) is 0 Å². The Morgan fingerprint density at radius 3 is 2.43 bits per heavy atom. The second-order valence-corrected chi connectivity index (χ2v) is 7.65. The van der Waals surface area contributed by atoms with Gasteiger partial charge in [-0.15, -0.1) is 0 Å². The summed E-state index contributed by atoms with van der Waals surface area (Å²) in [7, 11) is 1.66. The Morgan fingerprint density at radius 1 is 1.07 bits per heavy atom. The van der Waals surface area contributed by atoms with Gasteiger partial charge in [0.15, 0.2) is 5.78 Å². The first-order chi connectivity index (χ1) is 13.6. The fourth-order valence-electron chi connectivity index (χ4n) is 4.28. The van der Waals surface area contributed by atoms with Gasteiger partial charge in [0.2, 0.25) is 5.95 Å². The molecule has 1 unspecified atom stereocenters. The number of methoxy groups -OCH3 is 1. The van der Waals surface area contributed by atoms with Gasteiger partial charge in [0, 0.05) is 32.6 Å². The lowest BCUT2D eigenvalue weighted by molar-refractivity contribution is 0.0962. The number of aryl methyl sites for hydroxylation is 1. The molecule has 6 nitrogen and oxygen atoms in total. The lowest BCUT2D eigenvalue weighted by Gasteiger charge is -2.35. The number of aromatic nitrogens is 2. The van der Waals surface area contributed by atoms with Crippen molar-refractivity contribution >= 4 is 11.7 Å². The van der Waals surface area contributed by atoms with Gasteiger partial charge in [-0.25, -0.2) is 9.97 Å². The standard InChI is InChI=1S/C22H28N4O2/c1-4-25-9-11-26(12-10-25)22-23-15(2)21-19(24-22)13-17(14-20(21)27)16-5-7-18(28-3)8-6-16/h5-8,17H,4,9-14H2,1-3H3. The molecule has 0 radical (unpaired) electrons. The number of hydrogen-bond acceptors (Lipinski definition) is 6. The maximum absolute atomic E-state index is 12.9. The maximum atomic E-state index is 12.9. The molecule has 148 valence electrons. The van der Waals surface area contributed by atoms with Gasteiger partial charge in [-0.3, -0.25) is 4.79 Å². The molecule has 2 aliphatic rings. The van der Waals surface area contributed by atoms with Crippen molar-refractivity contribution in [3.8, 4) is 5.75 Å². The molecule has 1 atom stereocenters. The van der Waals surface area contributed by atoms with Crippen LogP contribution in [0, 0.1) is 6.92 Å². The Hall–Kier alpha value is -2.47. The fraction of sp³-hybridized carbons (Fsp3) is 0.500. The summed E-state index contributed by atoms with van der Waals surface area (Å²) in [4.78, 5) is 27.1. The van der Waals surface area contributed by atoms with Crippen LogP contribution in [-0.2, 0) is 6.42 Å². The highest BCUT2D eigenvalue weighted by Crippen LogP contribution is 2.34. The zero-order valence-electron chi connectivity index (χ0n) is 16.9. The van der Waals surface area contributed by atoms with Crippen LogP contribution in [0.2, 0.25) is 0 Å². The summed E-state index contributed by atoms with van der Waals surface area (Å²) in [6.07, 6.45) is 1.29. The smallest absolute Gasteiger partial charge is 0.225 e. The predicted molar refractivity (Wildman–Crippen MR) is 109 cm³/mol. The second-order valence-electron chi connectivity index (χ2n) is 7.65. The molecule has 2 heterocycles. The molecule has 4 rings (SSSR count). The third kappa shape index (κ3) is 3.61. The number of Topliss-reactive ketones (excluding diaryl/α,β-unsaturated/α-hetero) is 1. The van der Waals surface area contributed by atoms with E-state index in [4.69, 9.17) is 14.7 Å². The molecule has 0 spiro atoms. The summed E-state index contributed by atoms with van der Waals surface area (Å²) in [5.41, 5.74) is 3.61. The number of hydrogen-bond donors (Lipinski definition) is 0. The number of likely N-dealkylation sites (N-methyl/N-ethyl adjacent to an activating group) is 1. The number of carbonyl (C=O) groups excluding carboxylic acids is 1. The Labute approximate surface area is 166 Å². The maximum Gasteiger partial charge on any atom is 0.225 e. The summed E-state index contributed by atoms with van der Waals surface area (Å²) in [5.74, 6) is 1.92. The number of rotatable bonds is 4. The zero-order chi connectivity index (χ0) is 19.7. The molecule has 1 saturated heterocycles. The van der Waals surface area contributed by atoms with Crippen LogP contribution in [-0.4, -0.2) is 60.5 Å². The van der Waals surface area contributed by atoms with Gasteiger partial charge in [0.25, 0.3) is 0 Å². The number of nitrogens with zero attached hydrogens (tertiary/aromatic N) is 4. The lowest BCUT2D eigenvalue weighted by Crippen LogP contribution is -2.47. The predicted octanol–water partition coefficient (Wildman–Crippen LogP) is 2.85. The minimum absolute atomic E-state index is 0.155. The van der Waals surface area contributed by atoms with E-state index in [1.807, 2.05) is 19.1 Å². The Morgan fingerprint density at radius 2 is 1.79 bits per heavy atom. The summed E-state index contributed by atoms with van der Waals surface area (Å²) < 4.78 is 5.25. The molecule has 1 aromatic heterocycles. The van der Waals surface area contributed by atoms with E-state index < -0.39 is 0 Å². The van der Waals surface area contributed by atoms with Gasteiger partial charge in [0.05, 0.1) is 24.1 Å². The normalized spacial score (nSPS) is 20.2. The van der Waals surface area contributed by atoms with Crippen molar-refractivity contribution in [2.45, 2.75) is 32.6 Å². The molecule has 6 heteroatoms. The quantitative estimate of drug-likeness (QED) is 0.813. The van der Waals surface area contributed by atoms with Gasteiger partial charge in [-0.05, 0) is 43.5 Å². The van der Waals surface area contributed by atoms with Crippen LogP contribution in [0.25, 0.3) is 0 Å². The van der Waals surface area contributed by atoms with E-state index in [-0.39, 0.29) is 11.7 Å². The van der Waals surface area contributed by atoms with E-state index in [2.05, 4.69) is 28.9 Å². The largest absolute Gasteiger partial charge is 0.497 e. The van der Waals surface area contributed by atoms with Gasteiger partial charge >= 0.3 is 0 Å². The van der Waals surface area contributed by atoms with Crippen molar-refractivity contribution in [2.24, 2.45) is 0 Å². The first-order valence-electron chi connectivity index (χ1n) is 10.1. The number of carbonyl (C=O) groups is 1. The van der Waals surface area contributed by atoms with E-state index >= 15 is 0 Å². The van der Waals surface area contributed by atoms with Crippen LogP contribution in [0.1, 0.15) is 46.6 Å². The highest BCUT2D eigenvalue weighted by molar-refractivity contribution is 5.99. The number of benzene rings is 1. The van der Waals surface area contributed by atoms with E-state index in [9.17, 15) is 4.79 Å². The molecule has 0 bridgehead atoms. The van der Waals surface area contributed by atoms with Crippen molar-refractivity contribution in [2.75, 3.05) is 44.7 Å². The monoisotopic (exact) mass is 380 g/mol. The average Bonchev–Trinajstić information content (AvgIpc) is 2.73. The summed E-state index contributed by atoms with van der Waals surface area (Å²) in [6, 6.07) is 8.03. The summed E-state index contributed by atoms with van der Waals surface area (Å²) >= 11 is 0. The summed E-state index contributed by atoms with van der Waals surface area (Å²) in [5, 5.41) is 0. The Kier molecular flexibility index (Phi) is 5.31. The molecule has 1 aromatic carbocycles. The van der Waals surface area contributed by atoms with Gasteiger partial charge in [-0.2, -0.15) is 0 Å². The topological polar surface area (TPSA) is 58.6 Å². The molecular formula is C22H28N4O2. The van der Waals surface area contributed by atoms with Gasteiger partial charge < -0.3 is 14.5 Å². The average molecular weight is 380 g/mol. The zero-order valence-corrected chi connectivity index (χ0v) is 16.9. The molecule has 1 aliphatic carbocycles. The van der Waals surface area contributed by atoms with Crippen molar-refractivity contribution in [1.29, 1.82) is 0 Å². The number of fused-ring (bicyclic) bond motifs is 1. The van der Waals surface area contributed by atoms with Crippen molar-refractivity contribution in [3.05, 3.63) is 46.8 Å². The number of ketones is 1. The molecule has 0 N–H and O–H groups in total. The minimum Gasteiger partial charge on any atom is -0.497 e. The molecule has 0 amide bonds. The molecule has 1 aliphatic heterocycles. The highest BCUT2D eigenvalue weighted by Gasteiger charge is 2.31. The van der Waals surface area contributed by atoms with Crippen molar-refractivity contribution in [1.82, 2.24) is 14.9 Å². The summed E-state index contributed by atoms with van der Waals surface area (Å²) in [6.45, 7) is 9.14. The first kappa shape index (κ1) is 18.9. The van der Waals surface area contributed by atoms with Crippen LogP contribution in [0.5, 0.6) is 5.75 Å². The van der Waals surface area contributed by atoms with E-state index in [1.165, 1.54) is 0 Å². The molecule has 28 heavy (non-hydrogen) atoms. The third-order valence-electron chi connectivity index (χ3n) is 5.99. The van der Waals surface area contributed by atoms with Crippen LogP contribution >= 0.6 is 0 Å². The van der Waals surface area contributed by atoms with Crippen LogP contribution in [0.15, 0.2) is 24.3 Å². The van der Waals surface area contributed by atoms with Crippen LogP contribution < -0.4 is 9.64 Å². The van der Waals surface area contributed by atoms with Gasteiger partial charge in [-0.1, -0.05) is 19.1 Å². The Balaban J connectivity index is 1.59. The lowest BCUT2D eigenvalue weighted by atomic mass is 9.81. The molecular weight excluding hydrogens is 352 g/mol. The van der Waals surface area contributed by atoms with Crippen LogP contribution in [0.4, 0.5) is 5.95 Å². The van der Waals surface area contributed by atoms with Crippen LogP contribution in [0.3, 0.4) is 0 Å². The van der Waals surface area contributed by atoms with E-state index in [1.54, 1.807) is 7.11 Å². The number of ether oxygens (including phenoxy) is 1.